The standard InChI is InChI=1S/C29H31FN4O3S/c1-6-9-21(14-18(4)17(3)7-2)26-19(5)38-29(34-26)33-25(35)16-20-11-12-24(23(30)15-20)37-28-22(27(31)36)10-8-13-32-28/h6,8-15,17H,1,7,16H2,2-5H3,(H2,31,36)(H,33,34,35)/b18-14-,21-9+. The molecule has 0 fully saturated rings. The number of nitrogens with two attached hydrogens (primary N) is 1. The number of ether oxygens (including phenoxy) is 1. The van der Waals surface area contributed by atoms with Crippen LogP contribution in [0.2, 0.25) is 0 Å². The summed E-state index contributed by atoms with van der Waals surface area (Å²) in [6.07, 6.45) is 8.10. The normalized spacial score (nSPS) is 12.7. The van der Waals surface area contributed by atoms with E-state index < -0.39 is 11.7 Å². The molecular weight excluding hydrogens is 503 g/mol. The summed E-state index contributed by atoms with van der Waals surface area (Å²) in [5.41, 5.74) is 8.74. The molecule has 3 rings (SSSR count). The van der Waals surface area contributed by atoms with Crippen LogP contribution in [0, 0.1) is 18.7 Å². The third-order valence-electron chi connectivity index (χ3n) is 5.99. The summed E-state index contributed by atoms with van der Waals surface area (Å²) >= 11 is 1.37. The Bertz CT molecular complexity index is 1410. The molecule has 38 heavy (non-hydrogen) atoms. The number of pyridine rings is 1. The van der Waals surface area contributed by atoms with Crippen LogP contribution in [0.1, 0.15) is 53.7 Å². The Morgan fingerprint density at radius 3 is 2.74 bits per heavy atom. The number of aryl methyl sites for hydroxylation is 1. The van der Waals surface area contributed by atoms with E-state index in [0.717, 1.165) is 22.6 Å². The van der Waals surface area contributed by atoms with Crippen molar-refractivity contribution >= 4 is 33.9 Å². The molecule has 1 unspecified atom stereocenters. The van der Waals surface area contributed by atoms with E-state index in [2.05, 4.69) is 48.7 Å². The number of hydrogen-bond acceptors (Lipinski definition) is 6. The molecule has 0 aliphatic carbocycles. The molecule has 0 saturated heterocycles. The molecule has 7 nitrogen and oxygen atoms in total. The van der Waals surface area contributed by atoms with Crippen molar-refractivity contribution in [1.82, 2.24) is 9.97 Å². The molecule has 0 spiro atoms. The smallest absolute Gasteiger partial charge is 0.254 e. The first-order chi connectivity index (χ1) is 18.1. The van der Waals surface area contributed by atoms with Crippen LogP contribution < -0.4 is 15.8 Å². The molecule has 0 aliphatic rings. The van der Waals surface area contributed by atoms with Crippen LogP contribution in [-0.4, -0.2) is 21.8 Å². The number of anilines is 1. The van der Waals surface area contributed by atoms with Gasteiger partial charge in [0.1, 0.15) is 5.56 Å². The summed E-state index contributed by atoms with van der Waals surface area (Å²) < 4.78 is 20.2. The van der Waals surface area contributed by atoms with E-state index in [-0.39, 0.29) is 29.5 Å². The summed E-state index contributed by atoms with van der Waals surface area (Å²) in [5, 5.41) is 3.27. The van der Waals surface area contributed by atoms with Crippen LogP contribution in [0.3, 0.4) is 0 Å². The van der Waals surface area contributed by atoms with Gasteiger partial charge in [-0.3, -0.25) is 9.59 Å². The Labute approximate surface area is 226 Å². The molecule has 1 aromatic carbocycles. The van der Waals surface area contributed by atoms with Crippen LogP contribution in [0.4, 0.5) is 9.52 Å². The van der Waals surface area contributed by atoms with Crippen LogP contribution in [0.25, 0.3) is 5.57 Å². The summed E-state index contributed by atoms with van der Waals surface area (Å²) in [4.78, 5) is 33.8. The SMILES string of the molecule is C=C/C=C(\C=C(\C)C(C)CC)c1nc(NC(=O)Cc2ccc(Oc3ncccc3C(N)=O)c(F)c2)sc1C. The first-order valence-electron chi connectivity index (χ1n) is 12.1. The van der Waals surface area contributed by atoms with E-state index in [9.17, 15) is 14.0 Å². The average Bonchev–Trinajstić information content (AvgIpc) is 3.24. The molecule has 198 valence electrons. The Morgan fingerprint density at radius 2 is 2.08 bits per heavy atom. The van der Waals surface area contributed by atoms with Gasteiger partial charge < -0.3 is 15.8 Å². The maximum Gasteiger partial charge on any atom is 0.254 e. The van der Waals surface area contributed by atoms with E-state index >= 15 is 0 Å². The fourth-order valence-electron chi connectivity index (χ4n) is 3.60. The predicted molar refractivity (Wildman–Crippen MR) is 150 cm³/mol. The number of nitrogens with one attached hydrogen (secondary N) is 1. The molecule has 3 N–H and O–H groups in total. The van der Waals surface area contributed by atoms with Gasteiger partial charge in [-0.15, -0.1) is 11.3 Å². The van der Waals surface area contributed by atoms with Gasteiger partial charge in [0.15, 0.2) is 16.7 Å². The lowest BCUT2D eigenvalue weighted by Gasteiger charge is -2.10. The van der Waals surface area contributed by atoms with Gasteiger partial charge in [-0.2, -0.15) is 0 Å². The lowest BCUT2D eigenvalue weighted by molar-refractivity contribution is -0.115. The molecule has 9 heteroatoms. The van der Waals surface area contributed by atoms with Gasteiger partial charge in [-0.05, 0) is 56.0 Å². The molecule has 0 saturated carbocycles. The molecule has 1 atom stereocenters. The van der Waals surface area contributed by atoms with Crippen molar-refractivity contribution in [3.05, 3.63) is 94.4 Å². The number of rotatable bonds is 11. The zero-order chi connectivity index (χ0) is 27.8. The van der Waals surface area contributed by atoms with Crippen molar-refractivity contribution in [3.63, 3.8) is 0 Å². The molecule has 0 radical (unpaired) electrons. The summed E-state index contributed by atoms with van der Waals surface area (Å²) in [6.45, 7) is 12.2. The first kappa shape index (κ1) is 28.5. The Balaban J connectivity index is 1.72. The Kier molecular flexibility index (Phi) is 9.67. The minimum Gasteiger partial charge on any atom is -0.435 e. The van der Waals surface area contributed by atoms with E-state index in [1.165, 1.54) is 47.4 Å². The van der Waals surface area contributed by atoms with Gasteiger partial charge in [0.25, 0.3) is 5.91 Å². The number of benzene rings is 1. The largest absolute Gasteiger partial charge is 0.435 e. The van der Waals surface area contributed by atoms with E-state index in [1.807, 2.05) is 13.0 Å². The minimum absolute atomic E-state index is 0.0325. The highest BCUT2D eigenvalue weighted by Gasteiger charge is 2.16. The number of carbonyl (C=O) groups excluding carboxylic acids is 2. The van der Waals surface area contributed by atoms with Gasteiger partial charge in [-0.1, -0.05) is 50.3 Å². The van der Waals surface area contributed by atoms with Crippen LogP contribution >= 0.6 is 11.3 Å². The zero-order valence-corrected chi connectivity index (χ0v) is 22.7. The van der Waals surface area contributed by atoms with Crippen LogP contribution in [0.15, 0.2) is 66.9 Å². The average molecular weight is 535 g/mol. The van der Waals surface area contributed by atoms with Crippen molar-refractivity contribution in [2.75, 3.05) is 5.32 Å². The van der Waals surface area contributed by atoms with Gasteiger partial charge in [0, 0.05) is 16.6 Å². The van der Waals surface area contributed by atoms with Crippen molar-refractivity contribution in [1.29, 1.82) is 0 Å². The van der Waals surface area contributed by atoms with Crippen LogP contribution in [0.5, 0.6) is 11.6 Å². The second kappa shape index (κ2) is 12.9. The van der Waals surface area contributed by atoms with Crippen LogP contribution in [-0.2, 0) is 11.2 Å². The Morgan fingerprint density at radius 1 is 1.32 bits per heavy atom. The second-order valence-corrected chi connectivity index (χ2v) is 9.99. The molecule has 0 aliphatic heterocycles. The van der Waals surface area contributed by atoms with Gasteiger partial charge in [0.05, 0.1) is 12.1 Å². The third-order valence-corrected chi connectivity index (χ3v) is 6.88. The fourth-order valence-corrected chi connectivity index (χ4v) is 4.45. The van der Waals surface area contributed by atoms with Gasteiger partial charge in [0.2, 0.25) is 11.8 Å². The lowest BCUT2D eigenvalue weighted by atomic mass is 9.96. The number of aromatic nitrogens is 2. The Hall–Kier alpha value is -4.11. The fraction of sp³-hybridized carbons (Fsp3) is 0.241. The van der Waals surface area contributed by atoms with E-state index in [0.29, 0.717) is 16.6 Å². The van der Waals surface area contributed by atoms with E-state index in [1.54, 1.807) is 12.1 Å². The topological polar surface area (TPSA) is 107 Å². The zero-order valence-electron chi connectivity index (χ0n) is 21.9. The summed E-state index contributed by atoms with van der Waals surface area (Å²) in [7, 11) is 0. The third kappa shape index (κ3) is 7.23. The van der Waals surface area contributed by atoms with Crippen molar-refractivity contribution < 1.29 is 18.7 Å². The van der Waals surface area contributed by atoms with Crippen molar-refractivity contribution in [3.8, 4) is 11.6 Å². The monoisotopic (exact) mass is 534 g/mol. The number of primary amides is 1. The number of amides is 2. The highest BCUT2D eigenvalue weighted by Crippen LogP contribution is 2.31. The molecule has 3 aromatic rings. The number of allylic oxidation sites excluding steroid dienone is 5. The quantitative estimate of drug-likeness (QED) is 0.269. The number of hydrogen-bond donors (Lipinski definition) is 2. The van der Waals surface area contributed by atoms with E-state index in [4.69, 9.17) is 10.5 Å². The maximum absolute atomic E-state index is 14.7. The predicted octanol–water partition coefficient (Wildman–Crippen LogP) is 6.62. The molecule has 2 aromatic heterocycles. The number of thiazole rings is 1. The summed E-state index contributed by atoms with van der Waals surface area (Å²) in [5.74, 6) is -1.58. The van der Waals surface area contributed by atoms with Crippen molar-refractivity contribution in [2.45, 2.75) is 40.5 Å². The minimum atomic E-state index is -0.740. The number of halogens is 1. The van der Waals surface area contributed by atoms with Crippen molar-refractivity contribution in [2.24, 2.45) is 11.7 Å². The second-order valence-electron chi connectivity index (χ2n) is 8.79. The number of nitrogens with zero attached hydrogens (tertiary/aromatic N) is 2. The maximum atomic E-state index is 14.7. The highest BCUT2D eigenvalue weighted by molar-refractivity contribution is 7.15. The highest BCUT2D eigenvalue weighted by atomic mass is 32.1. The number of carbonyl (C=O) groups is 2. The lowest BCUT2D eigenvalue weighted by Crippen LogP contribution is -2.14. The molecule has 2 heterocycles. The first-order valence-corrected chi connectivity index (χ1v) is 12.9. The molecule has 2 amide bonds. The molecule has 0 bridgehead atoms. The summed E-state index contributed by atoms with van der Waals surface area (Å²) in [6, 6.07) is 7.11. The van der Waals surface area contributed by atoms with Gasteiger partial charge >= 0.3 is 0 Å². The van der Waals surface area contributed by atoms with Gasteiger partial charge in [-0.25, -0.2) is 14.4 Å². The molecular formula is C29H31FN4O3S.